The van der Waals surface area contributed by atoms with Gasteiger partial charge in [-0.25, -0.2) is 4.79 Å². The molecule has 1 aliphatic heterocycles. The smallest absolute Gasteiger partial charge is 0.310 e. The van der Waals surface area contributed by atoms with E-state index in [4.69, 9.17) is 4.98 Å². The summed E-state index contributed by atoms with van der Waals surface area (Å²) in [5.74, 6) is 0.739. The zero-order valence-electron chi connectivity index (χ0n) is 24.4. The number of aromatic nitrogens is 4. The molecule has 0 bridgehead atoms. The summed E-state index contributed by atoms with van der Waals surface area (Å²) in [7, 11) is 1.73. The summed E-state index contributed by atoms with van der Waals surface area (Å²) in [4.78, 5) is 33.3. The Labute approximate surface area is 233 Å². The number of rotatable bonds is 18. The highest BCUT2D eigenvalue weighted by atomic mass is 16.2. The molecule has 0 radical (unpaired) electrons. The number of aryl methyl sites for hydroxylation is 1. The Hall–Kier alpha value is -2.83. The molecule has 1 aliphatic rings. The summed E-state index contributed by atoms with van der Waals surface area (Å²) in [6, 6.07) is 10.1. The van der Waals surface area contributed by atoms with Crippen LogP contribution in [0.3, 0.4) is 0 Å². The Morgan fingerprint density at radius 1 is 0.718 bits per heavy atom. The zero-order valence-corrected chi connectivity index (χ0v) is 24.4. The normalized spacial score (nSPS) is 13.0. The molecule has 0 amide bonds. The summed E-state index contributed by atoms with van der Waals surface area (Å²) < 4.78 is 4.94. The summed E-state index contributed by atoms with van der Waals surface area (Å²) in [5.41, 5.74) is 1.59. The molecule has 214 valence electrons. The molecule has 0 aliphatic carbocycles. The van der Waals surface area contributed by atoms with E-state index in [0.29, 0.717) is 24.3 Å². The zero-order chi connectivity index (χ0) is 27.5. The first-order valence-corrected chi connectivity index (χ1v) is 15.7. The topological polar surface area (TPSA) is 65.1 Å². The minimum Gasteiger partial charge on any atom is -0.310 e. The van der Waals surface area contributed by atoms with Crippen LogP contribution < -0.4 is 16.1 Å². The van der Waals surface area contributed by atoms with Gasteiger partial charge >= 0.3 is 5.69 Å². The van der Waals surface area contributed by atoms with Crippen molar-refractivity contribution < 1.29 is 0 Å². The highest BCUT2D eigenvalue weighted by Crippen LogP contribution is 2.31. The maximum atomic E-state index is 13.4. The number of benzene rings is 1. The fourth-order valence-electron chi connectivity index (χ4n) is 5.95. The molecule has 1 aromatic carbocycles. The number of para-hydroxylation sites is 1. The average Bonchev–Trinajstić information content (AvgIpc) is 3.53. The van der Waals surface area contributed by atoms with E-state index in [1.807, 2.05) is 34.9 Å². The van der Waals surface area contributed by atoms with E-state index in [2.05, 4.69) is 11.8 Å². The van der Waals surface area contributed by atoms with Crippen LogP contribution >= 0.6 is 0 Å². The molecular weight excluding hydrogens is 486 g/mol. The fourth-order valence-corrected chi connectivity index (χ4v) is 5.95. The van der Waals surface area contributed by atoms with Crippen LogP contribution in [0.15, 0.2) is 39.9 Å². The van der Waals surface area contributed by atoms with Crippen molar-refractivity contribution >= 4 is 22.8 Å². The first-order valence-electron chi connectivity index (χ1n) is 15.7. The molecule has 7 heteroatoms. The molecule has 0 atom stereocenters. The number of fused-ring (bicyclic) bond motifs is 3. The Morgan fingerprint density at radius 3 is 1.82 bits per heavy atom. The molecule has 4 rings (SSSR count). The maximum absolute atomic E-state index is 13.4. The van der Waals surface area contributed by atoms with Crippen LogP contribution in [0.4, 0.5) is 11.6 Å². The van der Waals surface area contributed by atoms with Gasteiger partial charge in [-0.3, -0.25) is 13.9 Å². The molecule has 0 unspecified atom stereocenters. The van der Waals surface area contributed by atoms with Gasteiger partial charge in [-0.1, -0.05) is 121 Å². The Morgan fingerprint density at radius 2 is 1.26 bits per heavy atom. The summed E-state index contributed by atoms with van der Waals surface area (Å²) in [5, 5.41) is 0. The lowest BCUT2D eigenvalue weighted by Crippen LogP contribution is -2.39. The Kier molecular flexibility index (Phi) is 11.3. The second-order valence-electron chi connectivity index (χ2n) is 11.3. The molecule has 0 fully saturated rings. The highest BCUT2D eigenvalue weighted by Gasteiger charge is 2.28. The van der Waals surface area contributed by atoms with Gasteiger partial charge in [-0.15, -0.1) is 0 Å². The van der Waals surface area contributed by atoms with Gasteiger partial charge in [0.25, 0.3) is 5.56 Å². The van der Waals surface area contributed by atoms with Crippen LogP contribution in [0.25, 0.3) is 11.2 Å². The van der Waals surface area contributed by atoms with Gasteiger partial charge in [0.15, 0.2) is 11.2 Å². The third-order valence-electron chi connectivity index (χ3n) is 8.30. The minimum absolute atomic E-state index is 0.206. The lowest BCUT2D eigenvalue weighted by molar-refractivity contribution is 0.509. The van der Waals surface area contributed by atoms with Crippen LogP contribution in [0, 0.1) is 0 Å². The summed E-state index contributed by atoms with van der Waals surface area (Å²) in [6.07, 6.45) is 20.9. The summed E-state index contributed by atoms with van der Waals surface area (Å²) >= 11 is 0. The summed E-state index contributed by atoms with van der Waals surface area (Å²) in [6.45, 7) is 4.21. The first-order chi connectivity index (χ1) is 19.1. The lowest BCUT2D eigenvalue weighted by Gasteiger charge is -2.15. The molecule has 0 saturated carbocycles. The van der Waals surface area contributed by atoms with E-state index in [1.165, 1.54) is 99.0 Å². The lowest BCUT2D eigenvalue weighted by atomic mass is 10.0. The van der Waals surface area contributed by atoms with Crippen LogP contribution in [0.1, 0.15) is 110 Å². The van der Waals surface area contributed by atoms with Crippen molar-refractivity contribution in [3.63, 3.8) is 0 Å². The van der Waals surface area contributed by atoms with E-state index in [-0.39, 0.29) is 11.2 Å². The molecular formula is C32H49N5O2. The predicted octanol–water partition coefficient (Wildman–Crippen LogP) is 7.31. The van der Waals surface area contributed by atoms with E-state index in [9.17, 15) is 9.59 Å². The fraction of sp³-hybridized carbons (Fsp3) is 0.656. The van der Waals surface area contributed by atoms with Crippen molar-refractivity contribution in [2.75, 3.05) is 11.4 Å². The van der Waals surface area contributed by atoms with Gasteiger partial charge in [0.2, 0.25) is 5.95 Å². The van der Waals surface area contributed by atoms with E-state index in [0.717, 1.165) is 31.0 Å². The Balaban J connectivity index is 1.18. The molecule has 0 N–H and O–H groups in total. The molecule has 7 nitrogen and oxygen atoms in total. The molecule has 2 aromatic heterocycles. The highest BCUT2D eigenvalue weighted by molar-refractivity contribution is 5.77. The standard InChI is InChI=1S/C32H49N5O2/c1-3-4-5-6-7-8-9-10-11-12-13-14-15-16-17-21-24-37-30(38)28-29(34(2)32(37)39)33-31-35(25-26-36(28)31)27-22-19-18-20-23-27/h18-20,22-23H,3-17,21,24-26H2,1-2H3. The largest absolute Gasteiger partial charge is 0.332 e. The first kappa shape index (κ1) is 29.2. The van der Waals surface area contributed by atoms with Crippen LogP contribution in [0.5, 0.6) is 0 Å². The van der Waals surface area contributed by atoms with Gasteiger partial charge in [0.1, 0.15) is 0 Å². The van der Waals surface area contributed by atoms with Crippen molar-refractivity contribution in [3.05, 3.63) is 51.2 Å². The van der Waals surface area contributed by atoms with Crippen molar-refractivity contribution in [2.24, 2.45) is 7.05 Å². The third-order valence-corrected chi connectivity index (χ3v) is 8.30. The number of unbranched alkanes of at least 4 members (excludes halogenated alkanes) is 15. The van der Waals surface area contributed by atoms with Crippen LogP contribution in [-0.4, -0.2) is 25.2 Å². The van der Waals surface area contributed by atoms with Gasteiger partial charge in [0.05, 0.1) is 0 Å². The van der Waals surface area contributed by atoms with E-state index < -0.39 is 0 Å². The second kappa shape index (κ2) is 15.1. The van der Waals surface area contributed by atoms with Gasteiger partial charge in [-0.05, 0) is 18.6 Å². The second-order valence-corrected chi connectivity index (χ2v) is 11.3. The van der Waals surface area contributed by atoms with Gasteiger partial charge in [-0.2, -0.15) is 4.98 Å². The molecule has 3 aromatic rings. The van der Waals surface area contributed by atoms with Crippen molar-refractivity contribution in [1.82, 2.24) is 18.7 Å². The maximum Gasteiger partial charge on any atom is 0.332 e. The van der Waals surface area contributed by atoms with Gasteiger partial charge < -0.3 is 9.47 Å². The van der Waals surface area contributed by atoms with Crippen LogP contribution in [-0.2, 0) is 20.1 Å². The monoisotopic (exact) mass is 535 g/mol. The number of imidazole rings is 1. The molecule has 0 saturated heterocycles. The average molecular weight is 536 g/mol. The number of nitrogens with zero attached hydrogens (tertiary/aromatic N) is 5. The minimum atomic E-state index is -0.267. The SMILES string of the molecule is CCCCCCCCCCCCCCCCCCn1c(=O)c2c(nc3n2CCN3c2ccccc2)n(C)c1=O. The third kappa shape index (κ3) is 7.43. The van der Waals surface area contributed by atoms with Gasteiger partial charge in [0, 0.05) is 32.4 Å². The van der Waals surface area contributed by atoms with Crippen molar-refractivity contribution in [2.45, 2.75) is 123 Å². The van der Waals surface area contributed by atoms with Crippen molar-refractivity contribution in [1.29, 1.82) is 0 Å². The van der Waals surface area contributed by atoms with E-state index >= 15 is 0 Å². The molecule has 3 heterocycles. The quantitative estimate of drug-likeness (QED) is 0.160. The predicted molar refractivity (Wildman–Crippen MR) is 162 cm³/mol. The molecule has 0 spiro atoms. The van der Waals surface area contributed by atoms with Crippen molar-refractivity contribution in [3.8, 4) is 0 Å². The number of anilines is 2. The Bertz CT molecular complexity index is 1270. The van der Waals surface area contributed by atoms with E-state index in [1.54, 1.807) is 7.05 Å². The van der Waals surface area contributed by atoms with Crippen LogP contribution in [0.2, 0.25) is 0 Å². The number of hydrogen-bond acceptors (Lipinski definition) is 4. The molecule has 39 heavy (non-hydrogen) atoms. The number of hydrogen-bond donors (Lipinski definition) is 0.